The Morgan fingerprint density at radius 1 is 1.25 bits per heavy atom. The Bertz CT molecular complexity index is 440. The highest BCUT2D eigenvalue weighted by Gasteiger charge is 2.24. The molecule has 0 saturated heterocycles. The summed E-state index contributed by atoms with van der Waals surface area (Å²) in [6.45, 7) is 0.600. The van der Waals surface area contributed by atoms with E-state index >= 15 is 0 Å². The summed E-state index contributed by atoms with van der Waals surface area (Å²) in [6.07, 6.45) is 1.51. The Kier molecular flexibility index (Phi) is 2.83. The molecule has 2 rings (SSSR count). The van der Waals surface area contributed by atoms with Crippen LogP contribution in [-0.2, 0) is 0 Å². The van der Waals surface area contributed by atoms with Gasteiger partial charge in [0.1, 0.15) is 13.2 Å². The normalized spacial score (nSPS) is 18.8. The summed E-state index contributed by atoms with van der Waals surface area (Å²) in [5.74, 6) is 1.33. The zero-order valence-electron chi connectivity index (χ0n) is 9.73. The minimum absolute atomic E-state index is 0.482. The Balaban J connectivity index is 2.57. The van der Waals surface area contributed by atoms with E-state index in [1.165, 1.54) is 0 Å². The Morgan fingerprint density at radius 2 is 1.88 bits per heavy atom. The molecule has 1 aliphatic rings. The van der Waals surface area contributed by atoms with Crippen molar-refractivity contribution < 1.29 is 19.2 Å². The first-order valence-electron chi connectivity index (χ1n) is 5.14. The smallest absolute Gasteiger partial charge is 0.172 e. The molecule has 1 unspecified atom stereocenters. The van der Waals surface area contributed by atoms with Gasteiger partial charge in [0.05, 0.1) is 14.2 Å². The van der Waals surface area contributed by atoms with Gasteiger partial charge in [-0.05, 0) is 12.1 Å². The number of hydrogen-bond acceptors (Lipinski definition) is 3. The van der Waals surface area contributed by atoms with Crippen LogP contribution >= 0.6 is 0 Å². The SMILES string of the molecule is COc1cc2c(cc1OC)C(O)C[N+](C)=C2. The van der Waals surface area contributed by atoms with Crippen LogP contribution in [0.5, 0.6) is 11.5 Å². The van der Waals surface area contributed by atoms with E-state index in [0.29, 0.717) is 18.0 Å². The van der Waals surface area contributed by atoms with Gasteiger partial charge in [-0.1, -0.05) is 0 Å². The topological polar surface area (TPSA) is 41.7 Å². The largest absolute Gasteiger partial charge is 0.493 e. The molecule has 0 fully saturated rings. The summed E-state index contributed by atoms with van der Waals surface area (Å²) in [6, 6.07) is 3.72. The van der Waals surface area contributed by atoms with E-state index in [1.54, 1.807) is 14.2 Å². The quantitative estimate of drug-likeness (QED) is 0.753. The molecule has 4 heteroatoms. The van der Waals surface area contributed by atoms with Crippen LogP contribution < -0.4 is 9.47 Å². The Hall–Kier alpha value is -1.55. The second-order valence-electron chi connectivity index (χ2n) is 3.92. The molecule has 1 atom stereocenters. The van der Waals surface area contributed by atoms with E-state index in [9.17, 15) is 5.11 Å². The summed E-state index contributed by atoms with van der Waals surface area (Å²) in [7, 11) is 5.13. The molecule has 1 heterocycles. The Morgan fingerprint density at radius 3 is 2.50 bits per heavy atom. The number of methoxy groups -OCH3 is 2. The van der Waals surface area contributed by atoms with Crippen molar-refractivity contribution >= 4 is 6.21 Å². The predicted octanol–water partition coefficient (Wildman–Crippen LogP) is 0.812. The maximum atomic E-state index is 9.96. The molecular weight excluding hydrogens is 206 g/mol. The standard InChI is InChI=1S/C12H16NO3/c1-13-6-8-4-11(15-2)12(16-3)5-9(8)10(14)7-13/h4-6,10,14H,7H2,1-3H3/q+1. The number of rotatable bonds is 2. The average Bonchev–Trinajstić information content (AvgIpc) is 2.27. The molecular formula is C12H16NO3+. The van der Waals surface area contributed by atoms with Gasteiger partial charge in [0, 0.05) is 11.1 Å². The fourth-order valence-electron chi connectivity index (χ4n) is 1.97. The lowest BCUT2D eigenvalue weighted by Crippen LogP contribution is -2.23. The van der Waals surface area contributed by atoms with Gasteiger partial charge in [0.25, 0.3) is 0 Å². The fourth-order valence-corrected chi connectivity index (χ4v) is 1.97. The number of β-amino-alcohol motifs (C(OH)–C–C–N with tert-alkyl or cyclic N) is 1. The fraction of sp³-hybridized carbons (Fsp3) is 0.417. The van der Waals surface area contributed by atoms with Crippen LogP contribution in [-0.4, -0.2) is 43.7 Å². The molecule has 1 aromatic rings. The van der Waals surface area contributed by atoms with Gasteiger partial charge in [-0.3, -0.25) is 0 Å². The monoisotopic (exact) mass is 222 g/mol. The van der Waals surface area contributed by atoms with Gasteiger partial charge in [0.2, 0.25) is 0 Å². The van der Waals surface area contributed by atoms with Gasteiger partial charge >= 0.3 is 0 Å². The van der Waals surface area contributed by atoms with Crippen molar-refractivity contribution in [3.8, 4) is 11.5 Å². The first kappa shape index (κ1) is 11.0. The number of hydrogen-bond donors (Lipinski definition) is 1. The third-order valence-electron chi connectivity index (χ3n) is 2.77. The molecule has 1 N–H and O–H groups in total. The summed E-state index contributed by atoms with van der Waals surface area (Å²) in [5.41, 5.74) is 1.86. The van der Waals surface area contributed by atoms with Crippen LogP contribution in [0.15, 0.2) is 12.1 Å². The number of benzene rings is 1. The molecule has 0 aromatic heterocycles. The predicted molar refractivity (Wildman–Crippen MR) is 60.7 cm³/mol. The van der Waals surface area contributed by atoms with Crippen molar-refractivity contribution in [1.82, 2.24) is 0 Å². The van der Waals surface area contributed by atoms with Crippen molar-refractivity contribution in [2.24, 2.45) is 0 Å². The van der Waals surface area contributed by atoms with Crippen LogP contribution in [0, 0.1) is 0 Å². The van der Waals surface area contributed by atoms with E-state index in [2.05, 4.69) is 0 Å². The maximum Gasteiger partial charge on any atom is 0.172 e. The van der Waals surface area contributed by atoms with E-state index in [4.69, 9.17) is 9.47 Å². The third-order valence-corrected chi connectivity index (χ3v) is 2.77. The highest BCUT2D eigenvalue weighted by Crippen LogP contribution is 2.33. The lowest BCUT2D eigenvalue weighted by Gasteiger charge is -2.18. The van der Waals surface area contributed by atoms with Crippen LogP contribution in [0.3, 0.4) is 0 Å². The second kappa shape index (κ2) is 4.14. The summed E-state index contributed by atoms with van der Waals surface area (Å²) >= 11 is 0. The van der Waals surface area contributed by atoms with Crippen molar-refractivity contribution in [1.29, 1.82) is 0 Å². The summed E-state index contributed by atoms with van der Waals surface area (Å²) in [4.78, 5) is 0. The molecule has 0 bridgehead atoms. The molecule has 1 aliphatic heterocycles. The molecule has 86 valence electrons. The zero-order chi connectivity index (χ0) is 11.7. The number of aliphatic hydroxyl groups excluding tert-OH is 1. The van der Waals surface area contributed by atoms with E-state index in [-0.39, 0.29) is 0 Å². The number of likely N-dealkylation sites (N-methyl/N-ethyl adjacent to an activating group) is 1. The first-order chi connectivity index (χ1) is 7.65. The number of nitrogens with zero attached hydrogens (tertiary/aromatic N) is 1. The van der Waals surface area contributed by atoms with E-state index < -0.39 is 6.10 Å². The van der Waals surface area contributed by atoms with Gasteiger partial charge < -0.3 is 14.6 Å². The van der Waals surface area contributed by atoms with Crippen LogP contribution in [0.1, 0.15) is 17.2 Å². The molecule has 0 saturated carbocycles. The number of fused-ring (bicyclic) bond motifs is 1. The van der Waals surface area contributed by atoms with E-state index in [1.807, 2.05) is 30.0 Å². The van der Waals surface area contributed by atoms with Crippen LogP contribution in [0.25, 0.3) is 0 Å². The van der Waals surface area contributed by atoms with Crippen LogP contribution in [0.2, 0.25) is 0 Å². The van der Waals surface area contributed by atoms with Crippen molar-refractivity contribution in [2.75, 3.05) is 27.8 Å². The highest BCUT2D eigenvalue weighted by molar-refractivity contribution is 5.81. The Labute approximate surface area is 94.7 Å². The summed E-state index contributed by atoms with van der Waals surface area (Å²) < 4.78 is 12.4. The number of ether oxygens (including phenoxy) is 2. The second-order valence-corrected chi connectivity index (χ2v) is 3.92. The van der Waals surface area contributed by atoms with Crippen molar-refractivity contribution in [2.45, 2.75) is 6.10 Å². The first-order valence-corrected chi connectivity index (χ1v) is 5.14. The minimum Gasteiger partial charge on any atom is -0.493 e. The molecule has 0 amide bonds. The summed E-state index contributed by atoms with van der Waals surface area (Å²) in [5, 5.41) is 9.96. The molecule has 0 spiro atoms. The van der Waals surface area contributed by atoms with Crippen molar-refractivity contribution in [3.05, 3.63) is 23.3 Å². The molecule has 1 aromatic carbocycles. The average molecular weight is 222 g/mol. The van der Waals surface area contributed by atoms with E-state index in [0.717, 1.165) is 11.1 Å². The molecule has 0 aliphatic carbocycles. The maximum absolute atomic E-state index is 9.96. The van der Waals surface area contributed by atoms with Crippen LogP contribution in [0.4, 0.5) is 0 Å². The zero-order valence-corrected chi connectivity index (χ0v) is 9.73. The van der Waals surface area contributed by atoms with Gasteiger partial charge in [-0.25, -0.2) is 4.58 Å². The molecule has 16 heavy (non-hydrogen) atoms. The third kappa shape index (κ3) is 1.76. The highest BCUT2D eigenvalue weighted by atomic mass is 16.5. The number of aliphatic hydroxyl groups is 1. The van der Waals surface area contributed by atoms with Gasteiger partial charge in [-0.2, -0.15) is 0 Å². The van der Waals surface area contributed by atoms with Gasteiger partial charge in [-0.15, -0.1) is 0 Å². The minimum atomic E-state index is -0.482. The lowest BCUT2D eigenvalue weighted by molar-refractivity contribution is -0.505. The van der Waals surface area contributed by atoms with Gasteiger partial charge in [0.15, 0.2) is 24.3 Å². The lowest BCUT2D eigenvalue weighted by atomic mass is 9.99. The molecule has 0 radical (unpaired) electrons. The molecule has 4 nitrogen and oxygen atoms in total. The van der Waals surface area contributed by atoms with Crippen molar-refractivity contribution in [3.63, 3.8) is 0 Å².